The van der Waals surface area contributed by atoms with E-state index < -0.39 is 0 Å². The van der Waals surface area contributed by atoms with Crippen LogP contribution in [0.5, 0.6) is 0 Å². The van der Waals surface area contributed by atoms with E-state index in [1.807, 2.05) is 0 Å². The number of alkyl carbamates (subject to hydrolysis) is 1. The summed E-state index contributed by atoms with van der Waals surface area (Å²) in [5, 5.41) is 6.17. The van der Waals surface area contributed by atoms with E-state index in [1.54, 1.807) is 0 Å². The van der Waals surface area contributed by atoms with E-state index >= 15 is 0 Å². The van der Waals surface area contributed by atoms with E-state index in [2.05, 4.69) is 29.4 Å². The molecule has 1 rings (SSSR count). The predicted octanol–water partition coefficient (Wildman–Crippen LogP) is 0.806. The number of carbonyl (C=O) groups is 1. The highest BCUT2D eigenvalue weighted by Gasteiger charge is 2.15. The zero-order valence-electron chi connectivity index (χ0n) is 11.0. The minimum Gasteiger partial charge on any atom is -0.448 e. The summed E-state index contributed by atoms with van der Waals surface area (Å²) < 4.78 is 5.17. The summed E-state index contributed by atoms with van der Waals surface area (Å²) in [4.78, 5) is 13.7. The minimum absolute atomic E-state index is 0.274. The van der Waals surface area contributed by atoms with Gasteiger partial charge in [0.15, 0.2) is 0 Å². The zero-order chi connectivity index (χ0) is 12.5. The van der Waals surface area contributed by atoms with Crippen LogP contribution in [0.1, 0.15) is 26.7 Å². The molecule has 1 amide bonds. The van der Waals surface area contributed by atoms with Gasteiger partial charge in [-0.05, 0) is 39.0 Å². The van der Waals surface area contributed by atoms with Crippen LogP contribution in [-0.4, -0.2) is 56.4 Å². The summed E-state index contributed by atoms with van der Waals surface area (Å²) in [5.41, 5.74) is 0. The molecule has 1 fully saturated rings. The second-order valence-electron chi connectivity index (χ2n) is 4.33. The number of likely N-dealkylation sites (N-methyl/N-ethyl adjacent to an activating group) is 1. The van der Waals surface area contributed by atoms with Crippen LogP contribution in [0.2, 0.25) is 0 Å². The molecule has 5 heteroatoms. The highest BCUT2D eigenvalue weighted by atomic mass is 16.5. The number of carbonyl (C=O) groups excluding carboxylic acids is 1. The van der Waals surface area contributed by atoms with Gasteiger partial charge in [-0.15, -0.1) is 0 Å². The first-order valence-corrected chi connectivity index (χ1v) is 6.62. The van der Waals surface area contributed by atoms with Crippen molar-refractivity contribution >= 4 is 6.09 Å². The molecule has 0 aromatic carbocycles. The molecule has 1 saturated heterocycles. The Morgan fingerprint density at radius 3 is 2.59 bits per heavy atom. The van der Waals surface area contributed by atoms with Gasteiger partial charge < -0.3 is 20.3 Å². The third kappa shape index (κ3) is 5.89. The molecule has 1 aliphatic heterocycles. The van der Waals surface area contributed by atoms with Crippen molar-refractivity contribution in [2.24, 2.45) is 0 Å². The maximum atomic E-state index is 11.5. The van der Waals surface area contributed by atoms with E-state index in [9.17, 15) is 4.79 Å². The van der Waals surface area contributed by atoms with Crippen molar-refractivity contribution < 1.29 is 9.53 Å². The Balaban J connectivity index is 2.07. The largest absolute Gasteiger partial charge is 0.448 e. The van der Waals surface area contributed by atoms with Crippen LogP contribution < -0.4 is 10.6 Å². The summed E-state index contributed by atoms with van der Waals surface area (Å²) >= 11 is 0. The van der Waals surface area contributed by atoms with Crippen LogP contribution in [0.15, 0.2) is 0 Å². The Morgan fingerprint density at radius 1 is 1.35 bits per heavy atom. The number of nitrogens with one attached hydrogen (secondary N) is 2. The van der Waals surface area contributed by atoms with Gasteiger partial charge in [0.2, 0.25) is 0 Å². The van der Waals surface area contributed by atoms with Gasteiger partial charge in [-0.25, -0.2) is 4.79 Å². The van der Waals surface area contributed by atoms with Gasteiger partial charge in [0.1, 0.15) is 6.61 Å². The summed E-state index contributed by atoms with van der Waals surface area (Å²) in [5.74, 6) is 0. The molecule has 0 aromatic rings. The van der Waals surface area contributed by atoms with Crippen LogP contribution >= 0.6 is 0 Å². The predicted molar refractivity (Wildman–Crippen MR) is 68.2 cm³/mol. The SMILES string of the molecule is CCN(CC)CCOC(=O)NC1CCNCC1. The number of amides is 1. The van der Waals surface area contributed by atoms with E-state index in [0.717, 1.165) is 45.6 Å². The zero-order valence-corrected chi connectivity index (χ0v) is 11.0. The average molecular weight is 243 g/mol. The number of hydrogen-bond acceptors (Lipinski definition) is 4. The quantitative estimate of drug-likeness (QED) is 0.725. The smallest absolute Gasteiger partial charge is 0.407 e. The maximum absolute atomic E-state index is 11.5. The van der Waals surface area contributed by atoms with Crippen LogP contribution in [0, 0.1) is 0 Å². The third-order valence-corrected chi connectivity index (χ3v) is 3.20. The normalized spacial score (nSPS) is 17.1. The summed E-state index contributed by atoms with van der Waals surface area (Å²) in [6.07, 6.45) is 1.71. The Morgan fingerprint density at radius 2 is 2.00 bits per heavy atom. The molecule has 0 atom stereocenters. The first-order chi connectivity index (χ1) is 8.26. The van der Waals surface area contributed by atoms with Gasteiger partial charge in [-0.2, -0.15) is 0 Å². The fourth-order valence-corrected chi connectivity index (χ4v) is 1.98. The fraction of sp³-hybridized carbons (Fsp3) is 0.917. The van der Waals surface area contributed by atoms with Crippen LogP contribution in [0.25, 0.3) is 0 Å². The molecule has 0 aliphatic carbocycles. The lowest BCUT2D eigenvalue weighted by molar-refractivity contribution is 0.124. The van der Waals surface area contributed by atoms with E-state index in [-0.39, 0.29) is 12.1 Å². The lowest BCUT2D eigenvalue weighted by atomic mass is 10.1. The fourth-order valence-electron chi connectivity index (χ4n) is 1.98. The molecule has 0 radical (unpaired) electrons. The third-order valence-electron chi connectivity index (χ3n) is 3.20. The van der Waals surface area contributed by atoms with Gasteiger partial charge in [-0.1, -0.05) is 13.8 Å². The topological polar surface area (TPSA) is 53.6 Å². The first-order valence-electron chi connectivity index (χ1n) is 6.62. The van der Waals surface area contributed by atoms with Crippen molar-refractivity contribution in [3.63, 3.8) is 0 Å². The molecular formula is C12H25N3O2. The molecule has 100 valence electrons. The van der Waals surface area contributed by atoms with Crippen LogP contribution in [-0.2, 0) is 4.74 Å². The van der Waals surface area contributed by atoms with Crippen molar-refractivity contribution in [3.8, 4) is 0 Å². The standard InChI is InChI=1S/C12H25N3O2/c1-3-15(4-2)9-10-17-12(16)14-11-5-7-13-8-6-11/h11,13H,3-10H2,1-2H3,(H,14,16). The monoisotopic (exact) mass is 243 g/mol. The van der Waals surface area contributed by atoms with Crippen molar-refractivity contribution in [1.82, 2.24) is 15.5 Å². The lowest BCUT2D eigenvalue weighted by Gasteiger charge is -2.23. The molecule has 17 heavy (non-hydrogen) atoms. The maximum Gasteiger partial charge on any atom is 0.407 e. The van der Waals surface area contributed by atoms with Crippen molar-refractivity contribution in [3.05, 3.63) is 0 Å². The summed E-state index contributed by atoms with van der Waals surface area (Å²) in [6.45, 7) is 9.45. The van der Waals surface area contributed by atoms with Gasteiger partial charge in [0.25, 0.3) is 0 Å². The highest BCUT2D eigenvalue weighted by molar-refractivity contribution is 5.67. The van der Waals surface area contributed by atoms with Gasteiger partial charge in [-0.3, -0.25) is 0 Å². The first kappa shape index (κ1) is 14.3. The number of piperidine rings is 1. The molecule has 2 N–H and O–H groups in total. The number of rotatable bonds is 6. The van der Waals surface area contributed by atoms with Crippen LogP contribution in [0.4, 0.5) is 4.79 Å². The van der Waals surface area contributed by atoms with Crippen molar-refractivity contribution in [2.45, 2.75) is 32.7 Å². The minimum atomic E-state index is -0.274. The van der Waals surface area contributed by atoms with Gasteiger partial charge >= 0.3 is 6.09 Å². The van der Waals surface area contributed by atoms with Crippen molar-refractivity contribution in [2.75, 3.05) is 39.3 Å². The Hall–Kier alpha value is -0.810. The van der Waals surface area contributed by atoms with Crippen LogP contribution in [0.3, 0.4) is 0 Å². The van der Waals surface area contributed by atoms with Gasteiger partial charge in [0.05, 0.1) is 0 Å². The second-order valence-corrected chi connectivity index (χ2v) is 4.33. The average Bonchev–Trinajstić information content (AvgIpc) is 2.36. The molecule has 0 bridgehead atoms. The van der Waals surface area contributed by atoms with Gasteiger partial charge in [0, 0.05) is 12.6 Å². The number of hydrogen-bond donors (Lipinski definition) is 2. The Labute approximate surface area is 104 Å². The molecular weight excluding hydrogens is 218 g/mol. The molecule has 1 aliphatic rings. The molecule has 1 heterocycles. The second kappa shape index (κ2) is 8.31. The lowest BCUT2D eigenvalue weighted by Crippen LogP contribution is -2.43. The summed E-state index contributed by atoms with van der Waals surface area (Å²) in [7, 11) is 0. The molecule has 0 aromatic heterocycles. The Bertz CT molecular complexity index is 214. The van der Waals surface area contributed by atoms with E-state index in [4.69, 9.17) is 4.74 Å². The Kier molecular flexibility index (Phi) is 6.96. The summed E-state index contributed by atoms with van der Waals surface area (Å²) in [6, 6.07) is 0.275. The van der Waals surface area contributed by atoms with E-state index in [1.165, 1.54) is 0 Å². The number of ether oxygens (including phenoxy) is 1. The molecule has 0 unspecified atom stereocenters. The molecule has 0 saturated carbocycles. The van der Waals surface area contributed by atoms with E-state index in [0.29, 0.717) is 6.61 Å². The molecule has 0 spiro atoms. The van der Waals surface area contributed by atoms with Crippen molar-refractivity contribution in [1.29, 1.82) is 0 Å². The highest BCUT2D eigenvalue weighted by Crippen LogP contribution is 2.01. The molecule has 5 nitrogen and oxygen atoms in total. The number of nitrogens with zero attached hydrogens (tertiary/aromatic N) is 1.